The van der Waals surface area contributed by atoms with E-state index in [2.05, 4.69) is 18.8 Å². The van der Waals surface area contributed by atoms with Gasteiger partial charge in [0.2, 0.25) is 0 Å². The Morgan fingerprint density at radius 1 is 1.30 bits per heavy atom. The fraction of sp³-hybridized carbons (Fsp3) is 0.444. The Hall–Kier alpha value is -1.81. The average molecular weight is 333 g/mol. The molecule has 2 aromatic rings. The highest BCUT2D eigenvalue weighted by Gasteiger charge is 2.25. The maximum Gasteiger partial charge on any atom is 0.260 e. The molecular weight excluding hydrogens is 312 g/mol. The number of hydrogen-bond donors (Lipinski definition) is 0. The van der Waals surface area contributed by atoms with E-state index in [1.807, 2.05) is 17.0 Å². The molecule has 5 heteroatoms. The number of nitrogens with zero attached hydrogens (tertiary/aromatic N) is 2. The van der Waals surface area contributed by atoms with Crippen molar-refractivity contribution in [3.63, 3.8) is 0 Å². The van der Waals surface area contributed by atoms with E-state index in [0.29, 0.717) is 28.1 Å². The van der Waals surface area contributed by atoms with Crippen molar-refractivity contribution in [2.75, 3.05) is 19.7 Å². The second-order valence-corrected chi connectivity index (χ2v) is 6.89. The van der Waals surface area contributed by atoms with Gasteiger partial charge in [0.25, 0.3) is 5.91 Å². The first-order chi connectivity index (χ1) is 11.0. The van der Waals surface area contributed by atoms with Gasteiger partial charge in [0.05, 0.1) is 5.02 Å². The van der Waals surface area contributed by atoms with E-state index in [1.165, 1.54) is 6.42 Å². The predicted octanol–water partition coefficient (Wildman–Crippen LogP) is 3.77. The molecule has 0 aliphatic carbocycles. The number of ether oxygens (including phenoxy) is 1. The summed E-state index contributed by atoms with van der Waals surface area (Å²) < 4.78 is 5.75. The molecule has 1 aliphatic heterocycles. The van der Waals surface area contributed by atoms with Gasteiger partial charge < -0.3 is 9.64 Å². The molecule has 1 saturated heterocycles. The predicted molar refractivity (Wildman–Crippen MR) is 91.8 cm³/mol. The zero-order valence-electron chi connectivity index (χ0n) is 13.5. The molecule has 1 amide bonds. The fourth-order valence-corrected chi connectivity index (χ4v) is 3.54. The lowest BCUT2D eigenvalue weighted by Gasteiger charge is -2.34. The Morgan fingerprint density at radius 3 is 2.78 bits per heavy atom. The van der Waals surface area contributed by atoms with Crippen LogP contribution in [0.3, 0.4) is 0 Å². The number of pyridine rings is 1. The van der Waals surface area contributed by atoms with E-state index in [9.17, 15) is 4.79 Å². The molecule has 1 aliphatic rings. The van der Waals surface area contributed by atoms with Gasteiger partial charge in [-0.2, -0.15) is 0 Å². The van der Waals surface area contributed by atoms with Crippen LogP contribution in [0.4, 0.5) is 0 Å². The molecule has 0 bridgehead atoms. The van der Waals surface area contributed by atoms with Gasteiger partial charge in [0.15, 0.2) is 6.61 Å². The molecule has 0 radical (unpaired) electrons. The van der Waals surface area contributed by atoms with Gasteiger partial charge in [-0.1, -0.05) is 25.4 Å². The molecule has 1 aromatic carbocycles. The van der Waals surface area contributed by atoms with Crippen molar-refractivity contribution >= 4 is 28.4 Å². The number of benzene rings is 1. The van der Waals surface area contributed by atoms with Crippen LogP contribution in [0.5, 0.6) is 5.75 Å². The molecular formula is C18H21ClN2O2. The number of likely N-dealkylation sites (tertiary alicyclic amines) is 1. The second kappa shape index (κ2) is 6.75. The van der Waals surface area contributed by atoms with E-state index in [1.54, 1.807) is 18.3 Å². The summed E-state index contributed by atoms with van der Waals surface area (Å²) in [6.07, 6.45) is 2.87. The third kappa shape index (κ3) is 3.58. The third-order valence-corrected chi connectivity index (χ3v) is 4.58. The summed E-state index contributed by atoms with van der Waals surface area (Å²) in [6, 6.07) is 7.27. The molecule has 0 saturated carbocycles. The summed E-state index contributed by atoms with van der Waals surface area (Å²) in [5.74, 6) is 1.71. The highest BCUT2D eigenvalue weighted by atomic mass is 35.5. The first-order valence-corrected chi connectivity index (χ1v) is 8.36. The number of carbonyl (C=O) groups is 1. The van der Waals surface area contributed by atoms with Gasteiger partial charge in [0.1, 0.15) is 11.3 Å². The summed E-state index contributed by atoms with van der Waals surface area (Å²) in [5.41, 5.74) is 0.688. The lowest BCUT2D eigenvalue weighted by molar-refractivity contribution is -0.136. The third-order valence-electron chi connectivity index (χ3n) is 4.25. The zero-order valence-corrected chi connectivity index (χ0v) is 14.2. The Morgan fingerprint density at radius 2 is 2.04 bits per heavy atom. The van der Waals surface area contributed by atoms with Gasteiger partial charge in [-0.3, -0.25) is 9.78 Å². The maximum absolute atomic E-state index is 12.4. The van der Waals surface area contributed by atoms with E-state index in [-0.39, 0.29) is 12.5 Å². The summed E-state index contributed by atoms with van der Waals surface area (Å²) >= 11 is 6.17. The van der Waals surface area contributed by atoms with Gasteiger partial charge >= 0.3 is 0 Å². The van der Waals surface area contributed by atoms with E-state index in [0.717, 1.165) is 18.5 Å². The molecule has 1 fully saturated rings. The molecule has 1 aromatic heterocycles. The SMILES string of the molecule is CC1CC(C)CN(C(=O)COc2ccc(Cl)c3cccnc23)C1. The molecule has 4 nitrogen and oxygen atoms in total. The fourth-order valence-electron chi connectivity index (χ4n) is 3.33. The van der Waals surface area contributed by atoms with Crippen molar-refractivity contribution in [3.05, 3.63) is 35.5 Å². The first-order valence-electron chi connectivity index (χ1n) is 7.98. The summed E-state index contributed by atoms with van der Waals surface area (Å²) in [6.45, 7) is 6.03. The monoisotopic (exact) mass is 332 g/mol. The van der Waals surface area contributed by atoms with Crippen molar-refractivity contribution < 1.29 is 9.53 Å². The Bertz CT molecular complexity index is 709. The van der Waals surface area contributed by atoms with Crippen LogP contribution in [-0.4, -0.2) is 35.5 Å². The smallest absolute Gasteiger partial charge is 0.260 e. The summed E-state index contributed by atoms with van der Waals surface area (Å²) in [4.78, 5) is 18.6. The number of piperidine rings is 1. The Kier molecular flexibility index (Phi) is 4.71. The van der Waals surface area contributed by atoms with Crippen LogP contribution in [0, 0.1) is 11.8 Å². The van der Waals surface area contributed by atoms with Crippen LogP contribution in [0.25, 0.3) is 10.9 Å². The molecule has 23 heavy (non-hydrogen) atoms. The van der Waals surface area contributed by atoms with Gasteiger partial charge in [-0.15, -0.1) is 0 Å². The number of aromatic nitrogens is 1. The minimum atomic E-state index is 0.0300. The lowest BCUT2D eigenvalue weighted by Crippen LogP contribution is -2.44. The van der Waals surface area contributed by atoms with Crippen LogP contribution < -0.4 is 4.74 Å². The van der Waals surface area contributed by atoms with Gasteiger partial charge in [-0.05, 0) is 42.5 Å². The van der Waals surface area contributed by atoms with E-state index < -0.39 is 0 Å². The molecule has 122 valence electrons. The normalized spacial score (nSPS) is 21.4. The van der Waals surface area contributed by atoms with Crippen molar-refractivity contribution in [1.82, 2.24) is 9.88 Å². The van der Waals surface area contributed by atoms with Crippen LogP contribution in [0.2, 0.25) is 5.02 Å². The minimum absolute atomic E-state index is 0.0300. The number of rotatable bonds is 3. The highest BCUT2D eigenvalue weighted by Crippen LogP contribution is 2.29. The molecule has 0 N–H and O–H groups in total. The number of amides is 1. The quantitative estimate of drug-likeness (QED) is 0.859. The number of fused-ring (bicyclic) bond motifs is 1. The Balaban J connectivity index is 1.71. The van der Waals surface area contributed by atoms with Crippen LogP contribution in [0.15, 0.2) is 30.5 Å². The van der Waals surface area contributed by atoms with Crippen molar-refractivity contribution in [2.24, 2.45) is 11.8 Å². The molecule has 2 unspecified atom stereocenters. The summed E-state index contributed by atoms with van der Waals surface area (Å²) in [5, 5.41) is 1.46. The summed E-state index contributed by atoms with van der Waals surface area (Å²) in [7, 11) is 0. The standard InChI is InChI=1S/C18H21ClN2O2/c1-12-8-13(2)10-21(9-12)17(22)11-23-16-6-5-15(19)14-4-3-7-20-18(14)16/h3-7,12-13H,8-11H2,1-2H3. The van der Waals surface area contributed by atoms with Crippen molar-refractivity contribution in [1.29, 1.82) is 0 Å². The number of hydrogen-bond acceptors (Lipinski definition) is 3. The van der Waals surface area contributed by atoms with Gasteiger partial charge in [0, 0.05) is 24.7 Å². The molecule has 0 spiro atoms. The van der Waals surface area contributed by atoms with Crippen molar-refractivity contribution in [2.45, 2.75) is 20.3 Å². The topological polar surface area (TPSA) is 42.4 Å². The van der Waals surface area contributed by atoms with Crippen molar-refractivity contribution in [3.8, 4) is 5.75 Å². The van der Waals surface area contributed by atoms with Gasteiger partial charge in [-0.25, -0.2) is 0 Å². The van der Waals surface area contributed by atoms with E-state index >= 15 is 0 Å². The highest BCUT2D eigenvalue weighted by molar-refractivity contribution is 6.35. The molecule has 2 atom stereocenters. The number of halogens is 1. The lowest BCUT2D eigenvalue weighted by atomic mass is 9.92. The Labute approximate surface area is 141 Å². The molecule has 3 rings (SSSR count). The minimum Gasteiger partial charge on any atom is -0.481 e. The van der Waals surface area contributed by atoms with Crippen LogP contribution >= 0.6 is 11.6 Å². The largest absolute Gasteiger partial charge is 0.481 e. The zero-order chi connectivity index (χ0) is 16.4. The molecule has 2 heterocycles. The average Bonchev–Trinajstić information content (AvgIpc) is 2.53. The van der Waals surface area contributed by atoms with Crippen LogP contribution in [0.1, 0.15) is 20.3 Å². The number of carbonyl (C=O) groups excluding carboxylic acids is 1. The van der Waals surface area contributed by atoms with E-state index in [4.69, 9.17) is 16.3 Å². The van der Waals surface area contributed by atoms with Crippen LogP contribution in [-0.2, 0) is 4.79 Å². The maximum atomic E-state index is 12.4. The second-order valence-electron chi connectivity index (χ2n) is 6.48. The first kappa shape index (κ1) is 16.1.